The molecule has 2 fully saturated rings. The second-order valence-electron chi connectivity index (χ2n) is 6.58. The largest absolute Gasteiger partial charge is 0.457 e. The molecule has 25 heavy (non-hydrogen) atoms. The lowest BCUT2D eigenvalue weighted by Crippen LogP contribution is -2.51. The minimum absolute atomic E-state index is 0. The quantitative estimate of drug-likeness (QED) is 0.749. The summed E-state index contributed by atoms with van der Waals surface area (Å²) in [5.41, 5.74) is 0.694. The maximum absolute atomic E-state index is 12.8. The molecule has 2 aromatic rings. The Bertz CT molecular complexity index is 714. The second-order valence-corrected chi connectivity index (χ2v) is 7.53. The molecule has 1 aliphatic heterocycles. The summed E-state index contributed by atoms with van der Waals surface area (Å²) < 4.78 is 12.6. The van der Waals surface area contributed by atoms with Gasteiger partial charge in [-0.1, -0.05) is 12.5 Å². The van der Waals surface area contributed by atoms with Gasteiger partial charge in [0.15, 0.2) is 0 Å². The number of esters is 1. The zero-order valence-electron chi connectivity index (χ0n) is 14.2. The normalized spacial score (nSPS) is 24.6. The molecule has 1 saturated heterocycles. The number of hydrogen-bond donors (Lipinski definition) is 0. The maximum Gasteiger partial charge on any atom is 0.339 e. The van der Waals surface area contributed by atoms with E-state index in [2.05, 4.69) is 4.90 Å². The molecule has 6 heteroatoms. The van der Waals surface area contributed by atoms with Gasteiger partial charge in [-0.05, 0) is 42.8 Å². The van der Waals surface area contributed by atoms with Crippen molar-refractivity contribution >= 4 is 39.8 Å². The second kappa shape index (κ2) is 8.49. The van der Waals surface area contributed by atoms with Crippen molar-refractivity contribution in [3.8, 4) is 0 Å². The lowest BCUT2D eigenvalue weighted by molar-refractivity contribution is -0.0483. The Morgan fingerprint density at radius 2 is 1.96 bits per heavy atom. The van der Waals surface area contributed by atoms with Gasteiger partial charge in [-0.2, -0.15) is 0 Å². The molecule has 0 bridgehead atoms. The number of nitrogens with zero attached hydrogens (tertiary/aromatic N) is 1. The van der Waals surface area contributed by atoms with Crippen LogP contribution in [0, 0.1) is 0 Å². The smallest absolute Gasteiger partial charge is 0.339 e. The molecule has 4 rings (SSSR count). The van der Waals surface area contributed by atoms with Gasteiger partial charge in [0.1, 0.15) is 6.10 Å². The van der Waals surface area contributed by atoms with Crippen molar-refractivity contribution in [1.82, 2.24) is 4.90 Å². The van der Waals surface area contributed by atoms with Gasteiger partial charge in [0.2, 0.25) is 0 Å². The summed E-state index contributed by atoms with van der Waals surface area (Å²) in [5, 5.41) is 3.03. The van der Waals surface area contributed by atoms with Gasteiger partial charge in [-0.15, -0.1) is 23.7 Å². The number of halogens is 1. The number of fused-ring (bicyclic) bond motifs is 1. The summed E-state index contributed by atoms with van der Waals surface area (Å²) in [4.78, 5) is 15.2. The van der Waals surface area contributed by atoms with Crippen LogP contribution >= 0.6 is 23.7 Å². The number of carbonyl (C=O) groups is 1. The van der Waals surface area contributed by atoms with Crippen molar-refractivity contribution in [3.63, 3.8) is 0 Å². The monoisotopic (exact) mass is 381 g/mol. The molecule has 0 amide bonds. The van der Waals surface area contributed by atoms with Crippen molar-refractivity contribution in [2.75, 3.05) is 26.3 Å². The number of ether oxygens (including phenoxy) is 2. The maximum atomic E-state index is 12.8. The van der Waals surface area contributed by atoms with Crippen molar-refractivity contribution in [1.29, 1.82) is 0 Å². The minimum Gasteiger partial charge on any atom is -0.457 e. The van der Waals surface area contributed by atoms with Crippen LogP contribution in [0.4, 0.5) is 0 Å². The molecule has 2 atom stereocenters. The van der Waals surface area contributed by atoms with Crippen molar-refractivity contribution in [2.24, 2.45) is 0 Å². The van der Waals surface area contributed by atoms with E-state index in [0.29, 0.717) is 11.6 Å². The van der Waals surface area contributed by atoms with Crippen LogP contribution in [0.2, 0.25) is 0 Å². The van der Waals surface area contributed by atoms with E-state index in [0.717, 1.165) is 55.7 Å². The van der Waals surface area contributed by atoms with Crippen LogP contribution in [0.1, 0.15) is 36.0 Å². The highest BCUT2D eigenvalue weighted by Crippen LogP contribution is 2.29. The third-order valence-electron chi connectivity index (χ3n) is 5.16. The Morgan fingerprint density at radius 1 is 1.16 bits per heavy atom. The molecule has 1 aromatic heterocycles. The van der Waals surface area contributed by atoms with E-state index >= 15 is 0 Å². The zero-order chi connectivity index (χ0) is 16.4. The lowest BCUT2D eigenvalue weighted by atomic mass is 9.91. The highest BCUT2D eigenvalue weighted by molar-refractivity contribution is 7.17. The van der Waals surface area contributed by atoms with E-state index < -0.39 is 0 Å². The van der Waals surface area contributed by atoms with Gasteiger partial charge in [0.25, 0.3) is 0 Å². The molecule has 2 heterocycles. The molecule has 2 aliphatic rings. The van der Waals surface area contributed by atoms with Gasteiger partial charge in [0.05, 0.1) is 18.8 Å². The van der Waals surface area contributed by atoms with Crippen LogP contribution in [-0.2, 0) is 9.47 Å². The van der Waals surface area contributed by atoms with E-state index in [4.69, 9.17) is 9.47 Å². The number of morpholine rings is 1. The first kappa shape index (κ1) is 18.6. The summed E-state index contributed by atoms with van der Waals surface area (Å²) in [5.74, 6) is -0.177. The van der Waals surface area contributed by atoms with Gasteiger partial charge in [0, 0.05) is 29.2 Å². The number of carbonyl (C=O) groups excluding carboxylic acids is 1. The molecular formula is C19H24ClNO3S. The molecule has 1 aromatic carbocycles. The van der Waals surface area contributed by atoms with E-state index in [-0.39, 0.29) is 24.5 Å². The van der Waals surface area contributed by atoms with Gasteiger partial charge < -0.3 is 9.47 Å². The number of rotatable bonds is 3. The average Bonchev–Trinajstić information content (AvgIpc) is 3.11. The topological polar surface area (TPSA) is 38.8 Å². The molecule has 0 radical (unpaired) electrons. The molecule has 0 spiro atoms. The Morgan fingerprint density at radius 3 is 2.80 bits per heavy atom. The third-order valence-corrected chi connectivity index (χ3v) is 6.04. The van der Waals surface area contributed by atoms with Crippen molar-refractivity contribution < 1.29 is 14.3 Å². The lowest BCUT2D eigenvalue weighted by Gasteiger charge is -2.41. The fourth-order valence-electron chi connectivity index (χ4n) is 3.91. The van der Waals surface area contributed by atoms with E-state index in [9.17, 15) is 4.79 Å². The predicted octanol–water partition coefficient (Wildman–Crippen LogP) is 4.12. The Hall–Kier alpha value is -1.14. The highest BCUT2D eigenvalue weighted by Gasteiger charge is 2.34. The first-order chi connectivity index (χ1) is 11.8. The van der Waals surface area contributed by atoms with Crippen LogP contribution in [0.15, 0.2) is 29.6 Å². The summed E-state index contributed by atoms with van der Waals surface area (Å²) in [7, 11) is 0. The Kier molecular flexibility index (Phi) is 6.34. The van der Waals surface area contributed by atoms with Crippen molar-refractivity contribution in [2.45, 2.75) is 37.8 Å². The number of benzene rings is 1. The van der Waals surface area contributed by atoms with Gasteiger partial charge >= 0.3 is 5.97 Å². The summed E-state index contributed by atoms with van der Waals surface area (Å²) in [6.07, 6.45) is 4.43. The molecule has 4 nitrogen and oxygen atoms in total. The molecule has 2 unspecified atom stereocenters. The fraction of sp³-hybridized carbons (Fsp3) is 0.526. The third kappa shape index (κ3) is 4.00. The highest BCUT2D eigenvalue weighted by atomic mass is 35.5. The fourth-order valence-corrected chi connectivity index (χ4v) is 4.73. The predicted molar refractivity (Wildman–Crippen MR) is 103 cm³/mol. The van der Waals surface area contributed by atoms with Crippen LogP contribution in [0.25, 0.3) is 10.1 Å². The first-order valence-electron chi connectivity index (χ1n) is 8.82. The van der Waals surface area contributed by atoms with Crippen LogP contribution < -0.4 is 0 Å². The van der Waals surface area contributed by atoms with Crippen LogP contribution in [0.5, 0.6) is 0 Å². The van der Waals surface area contributed by atoms with E-state index in [1.165, 1.54) is 6.42 Å². The molecule has 0 N–H and O–H groups in total. The summed E-state index contributed by atoms with van der Waals surface area (Å²) in [6, 6.07) is 8.22. The van der Waals surface area contributed by atoms with E-state index in [1.54, 1.807) is 11.3 Å². The summed E-state index contributed by atoms with van der Waals surface area (Å²) in [6.45, 7) is 3.45. The Labute approximate surface area is 158 Å². The van der Waals surface area contributed by atoms with Gasteiger partial charge in [-0.3, -0.25) is 4.90 Å². The number of hydrogen-bond acceptors (Lipinski definition) is 5. The van der Waals surface area contributed by atoms with Gasteiger partial charge in [-0.25, -0.2) is 4.79 Å². The van der Waals surface area contributed by atoms with E-state index in [1.807, 2.05) is 29.6 Å². The molecule has 136 valence electrons. The molecule has 1 aliphatic carbocycles. The Balaban J connectivity index is 0.00000182. The van der Waals surface area contributed by atoms with Crippen LogP contribution in [-0.4, -0.2) is 49.3 Å². The number of thiophene rings is 1. The van der Waals surface area contributed by atoms with Crippen LogP contribution in [0.3, 0.4) is 0 Å². The SMILES string of the molecule is Cl.O=C(OC1CCCCC1N1CCOCC1)c1cccc2sccc12. The minimum atomic E-state index is -0.177. The first-order valence-corrected chi connectivity index (χ1v) is 9.70. The van der Waals surface area contributed by atoms with Crippen molar-refractivity contribution in [3.05, 3.63) is 35.2 Å². The summed E-state index contributed by atoms with van der Waals surface area (Å²) >= 11 is 1.66. The standard InChI is InChI=1S/C19H23NO3S.ClH/c21-19(15-4-3-7-18-14(15)8-13-24-18)23-17-6-2-1-5-16(17)20-9-11-22-12-10-20;/h3-4,7-8,13,16-17H,1-2,5-6,9-12H2;1H. The molecule has 1 saturated carbocycles. The zero-order valence-corrected chi connectivity index (χ0v) is 15.8. The molecular weight excluding hydrogens is 358 g/mol. The average molecular weight is 382 g/mol.